The van der Waals surface area contributed by atoms with Gasteiger partial charge in [-0.25, -0.2) is 18.9 Å². The van der Waals surface area contributed by atoms with E-state index in [-0.39, 0.29) is 17.8 Å². The first-order chi connectivity index (χ1) is 17.3. The lowest BCUT2D eigenvalue weighted by molar-refractivity contribution is -0.143. The molecule has 0 bridgehead atoms. The summed E-state index contributed by atoms with van der Waals surface area (Å²) in [7, 11) is 1.51. The number of anilines is 1. The van der Waals surface area contributed by atoms with Gasteiger partial charge in [0.25, 0.3) is 5.91 Å². The number of benzene rings is 2. The number of nitrogens with zero attached hydrogens (tertiary/aromatic N) is 2. The van der Waals surface area contributed by atoms with Gasteiger partial charge in [-0.15, -0.1) is 0 Å². The number of carbonyl (C=O) groups is 4. The SMILES string of the molecule is CNC(=O)Nc1ccc2c(c1)CCCC21OC(=O)N(CC(=O)N2CCCc3cc(F)ccc3C2)C1=O. The molecule has 1 fully saturated rings. The smallest absolute Gasteiger partial charge is 0.418 e. The van der Waals surface area contributed by atoms with E-state index in [1.54, 1.807) is 29.2 Å². The molecule has 2 aliphatic heterocycles. The fourth-order valence-corrected chi connectivity index (χ4v) is 5.32. The number of ether oxygens (including phenoxy) is 1. The molecule has 1 aliphatic carbocycles. The summed E-state index contributed by atoms with van der Waals surface area (Å²) < 4.78 is 19.3. The summed E-state index contributed by atoms with van der Waals surface area (Å²) >= 11 is 0. The van der Waals surface area contributed by atoms with Crippen molar-refractivity contribution in [2.45, 2.75) is 44.2 Å². The van der Waals surface area contributed by atoms with E-state index in [9.17, 15) is 23.6 Å². The number of halogens is 1. The third-order valence-corrected chi connectivity index (χ3v) is 7.12. The highest BCUT2D eigenvalue weighted by molar-refractivity contribution is 6.06. The second-order valence-electron chi connectivity index (χ2n) is 9.35. The van der Waals surface area contributed by atoms with Crippen LogP contribution in [0.2, 0.25) is 0 Å². The normalized spacial score (nSPS) is 20.9. The van der Waals surface area contributed by atoms with Crippen molar-refractivity contribution in [3.63, 3.8) is 0 Å². The molecular formula is C26H27FN4O5. The van der Waals surface area contributed by atoms with Gasteiger partial charge < -0.3 is 20.3 Å². The Labute approximate surface area is 207 Å². The van der Waals surface area contributed by atoms with Crippen LogP contribution >= 0.6 is 0 Å². The zero-order chi connectivity index (χ0) is 25.4. The van der Waals surface area contributed by atoms with Gasteiger partial charge in [0.15, 0.2) is 0 Å². The quantitative estimate of drug-likeness (QED) is 0.682. The average Bonchev–Trinajstić information content (AvgIpc) is 3.00. The van der Waals surface area contributed by atoms with Gasteiger partial charge in [0, 0.05) is 37.8 Å². The molecule has 10 heteroatoms. The minimum atomic E-state index is -1.47. The lowest BCUT2D eigenvalue weighted by atomic mass is 9.78. The van der Waals surface area contributed by atoms with Crippen molar-refractivity contribution in [2.24, 2.45) is 0 Å². The summed E-state index contributed by atoms with van der Waals surface area (Å²) in [6.07, 6.45) is 2.06. The van der Waals surface area contributed by atoms with Crippen LogP contribution in [0.1, 0.15) is 41.5 Å². The maximum atomic E-state index is 13.6. The zero-order valence-corrected chi connectivity index (χ0v) is 19.9. The van der Waals surface area contributed by atoms with Gasteiger partial charge >= 0.3 is 12.1 Å². The Morgan fingerprint density at radius 2 is 1.86 bits per heavy atom. The van der Waals surface area contributed by atoms with Crippen molar-refractivity contribution >= 4 is 29.6 Å². The number of hydrogen-bond donors (Lipinski definition) is 2. The molecule has 5 amide bonds. The third kappa shape index (κ3) is 4.16. The van der Waals surface area contributed by atoms with Gasteiger partial charge in [-0.3, -0.25) is 9.59 Å². The van der Waals surface area contributed by atoms with Gasteiger partial charge in [-0.05, 0) is 66.6 Å². The molecule has 1 atom stereocenters. The number of hydrogen-bond acceptors (Lipinski definition) is 5. The van der Waals surface area contributed by atoms with Crippen LogP contribution in [0.3, 0.4) is 0 Å². The van der Waals surface area contributed by atoms with Crippen LogP contribution in [0.4, 0.5) is 19.7 Å². The molecule has 0 aromatic heterocycles. The Kier molecular flexibility index (Phi) is 6.11. The van der Waals surface area contributed by atoms with Crippen LogP contribution in [0.25, 0.3) is 0 Å². The average molecular weight is 495 g/mol. The lowest BCUT2D eigenvalue weighted by Crippen LogP contribution is -2.45. The summed E-state index contributed by atoms with van der Waals surface area (Å²) in [4.78, 5) is 53.8. The standard InChI is InChI=1S/C26H27FN4O5/c1-28-24(34)29-20-8-9-21-17(13-20)4-2-10-26(21)23(33)31(25(35)36-26)15-22(32)30-11-3-5-16-12-19(27)7-6-18(16)14-30/h6-9,12-13H,2-5,10-11,14-15H2,1H3,(H2,28,29,34). The molecule has 0 saturated carbocycles. The number of carbonyl (C=O) groups excluding carboxylic acids is 4. The summed E-state index contributed by atoms with van der Waals surface area (Å²) in [5.74, 6) is -1.23. The van der Waals surface area contributed by atoms with Crippen molar-refractivity contribution in [3.05, 3.63) is 64.5 Å². The van der Waals surface area contributed by atoms with E-state index >= 15 is 0 Å². The molecule has 36 heavy (non-hydrogen) atoms. The topological polar surface area (TPSA) is 108 Å². The Hall–Kier alpha value is -3.95. The first kappa shape index (κ1) is 23.8. The molecule has 3 aliphatic rings. The van der Waals surface area contributed by atoms with Gasteiger partial charge in [-0.2, -0.15) is 0 Å². The Morgan fingerprint density at radius 3 is 2.67 bits per heavy atom. The van der Waals surface area contributed by atoms with Gasteiger partial charge in [-0.1, -0.05) is 12.1 Å². The number of nitrogens with one attached hydrogen (secondary N) is 2. The number of amides is 5. The fraction of sp³-hybridized carbons (Fsp3) is 0.385. The predicted octanol–water partition coefficient (Wildman–Crippen LogP) is 3.06. The molecule has 188 valence electrons. The van der Waals surface area contributed by atoms with Crippen molar-refractivity contribution in [1.29, 1.82) is 0 Å². The second-order valence-corrected chi connectivity index (χ2v) is 9.35. The number of rotatable bonds is 3. The van der Waals surface area contributed by atoms with Crippen LogP contribution in [0.5, 0.6) is 0 Å². The molecule has 0 radical (unpaired) electrons. The number of urea groups is 1. The Bertz CT molecular complexity index is 1260. The van der Waals surface area contributed by atoms with Crippen LogP contribution in [-0.2, 0) is 39.3 Å². The van der Waals surface area contributed by atoms with Crippen molar-refractivity contribution in [3.8, 4) is 0 Å². The van der Waals surface area contributed by atoms with E-state index < -0.39 is 24.1 Å². The van der Waals surface area contributed by atoms with Gasteiger partial charge in [0.05, 0.1) is 0 Å². The largest absolute Gasteiger partial charge is 0.427 e. The molecule has 1 spiro atoms. The van der Waals surface area contributed by atoms with E-state index in [2.05, 4.69) is 10.6 Å². The zero-order valence-electron chi connectivity index (χ0n) is 19.9. The van der Waals surface area contributed by atoms with E-state index in [1.165, 1.54) is 19.2 Å². The summed E-state index contributed by atoms with van der Waals surface area (Å²) in [6, 6.07) is 9.30. The Balaban J connectivity index is 1.35. The van der Waals surface area contributed by atoms with E-state index in [1.807, 2.05) is 0 Å². The van der Waals surface area contributed by atoms with Gasteiger partial charge in [0.1, 0.15) is 12.4 Å². The summed E-state index contributed by atoms with van der Waals surface area (Å²) in [5.41, 5.74) is 2.20. The van der Waals surface area contributed by atoms with Crippen LogP contribution < -0.4 is 10.6 Å². The summed E-state index contributed by atoms with van der Waals surface area (Å²) in [5, 5.41) is 5.19. The van der Waals surface area contributed by atoms with Crippen molar-refractivity contribution in [2.75, 3.05) is 25.5 Å². The Morgan fingerprint density at radius 1 is 1.06 bits per heavy atom. The number of imide groups is 1. The fourth-order valence-electron chi connectivity index (χ4n) is 5.32. The molecule has 1 saturated heterocycles. The van der Waals surface area contributed by atoms with E-state index in [0.29, 0.717) is 56.4 Å². The highest BCUT2D eigenvalue weighted by Crippen LogP contribution is 2.44. The first-order valence-electron chi connectivity index (χ1n) is 12.0. The molecule has 1 unspecified atom stereocenters. The molecule has 9 nitrogen and oxygen atoms in total. The molecule has 2 N–H and O–H groups in total. The predicted molar refractivity (Wildman–Crippen MR) is 127 cm³/mol. The summed E-state index contributed by atoms with van der Waals surface area (Å²) in [6.45, 7) is 0.323. The van der Waals surface area contributed by atoms with Crippen molar-refractivity contribution in [1.82, 2.24) is 15.1 Å². The van der Waals surface area contributed by atoms with E-state index in [0.717, 1.165) is 21.6 Å². The number of aryl methyl sites for hydroxylation is 2. The van der Waals surface area contributed by atoms with E-state index in [4.69, 9.17) is 4.74 Å². The van der Waals surface area contributed by atoms with Crippen LogP contribution in [0.15, 0.2) is 36.4 Å². The lowest BCUT2D eigenvalue weighted by Gasteiger charge is -2.32. The monoisotopic (exact) mass is 494 g/mol. The highest BCUT2D eigenvalue weighted by atomic mass is 19.1. The van der Waals surface area contributed by atoms with Crippen LogP contribution in [-0.4, -0.2) is 53.9 Å². The highest BCUT2D eigenvalue weighted by Gasteiger charge is 2.57. The molecule has 2 aromatic carbocycles. The molecular weight excluding hydrogens is 467 g/mol. The molecule has 2 aromatic rings. The van der Waals surface area contributed by atoms with Gasteiger partial charge in [0.2, 0.25) is 11.5 Å². The van der Waals surface area contributed by atoms with Crippen LogP contribution in [0, 0.1) is 5.82 Å². The minimum absolute atomic E-state index is 0.292. The second kappa shape index (κ2) is 9.25. The number of fused-ring (bicyclic) bond motifs is 3. The first-order valence-corrected chi connectivity index (χ1v) is 12.0. The molecule has 5 rings (SSSR count). The maximum absolute atomic E-state index is 13.6. The molecule has 2 heterocycles. The maximum Gasteiger partial charge on any atom is 0.418 e. The third-order valence-electron chi connectivity index (χ3n) is 7.12. The van der Waals surface area contributed by atoms with Crippen molar-refractivity contribution < 1.29 is 28.3 Å². The minimum Gasteiger partial charge on any atom is -0.427 e.